The maximum atomic E-state index is 13.7. The minimum Gasteiger partial charge on any atom is -0.508 e. The average molecular weight is 255 g/mol. The quantitative estimate of drug-likeness (QED) is 0.821. The summed E-state index contributed by atoms with van der Waals surface area (Å²) < 4.78 is 18.9. The topological polar surface area (TPSA) is 41.5 Å². The number of nitrogens with one attached hydrogen (secondary N) is 1. The number of halogens is 1. The lowest BCUT2D eigenvalue weighted by atomic mass is 10.0. The van der Waals surface area contributed by atoms with Crippen molar-refractivity contribution >= 4 is 0 Å². The number of benzene rings is 1. The highest BCUT2D eigenvalue weighted by atomic mass is 19.1. The molecule has 4 heteroatoms. The number of hydrogen-bond donors (Lipinski definition) is 2. The van der Waals surface area contributed by atoms with Crippen LogP contribution < -0.4 is 5.32 Å². The molecule has 0 aliphatic carbocycles. The molecule has 0 aliphatic heterocycles. The molecule has 1 aromatic rings. The van der Waals surface area contributed by atoms with E-state index in [9.17, 15) is 9.50 Å². The molecule has 0 fully saturated rings. The van der Waals surface area contributed by atoms with Gasteiger partial charge in [0.15, 0.2) is 0 Å². The predicted molar refractivity (Wildman–Crippen MR) is 70.1 cm³/mol. The SMILES string of the molecule is COCC(NC(C)c1ccc(O)cc1F)C(C)C. The number of rotatable bonds is 6. The number of aromatic hydroxyl groups is 1. The molecule has 2 atom stereocenters. The van der Waals surface area contributed by atoms with E-state index in [4.69, 9.17) is 4.74 Å². The molecule has 0 bridgehead atoms. The molecule has 3 nitrogen and oxygen atoms in total. The highest BCUT2D eigenvalue weighted by Crippen LogP contribution is 2.22. The second kappa shape index (κ2) is 6.71. The lowest BCUT2D eigenvalue weighted by Gasteiger charge is -2.26. The largest absolute Gasteiger partial charge is 0.508 e. The molecule has 0 amide bonds. The first-order valence-electron chi connectivity index (χ1n) is 6.19. The van der Waals surface area contributed by atoms with E-state index in [2.05, 4.69) is 19.2 Å². The standard InChI is InChI=1S/C14H22FNO2/c1-9(2)14(8-18-4)16-10(3)12-6-5-11(17)7-13(12)15/h5-7,9-10,14,16-17H,8H2,1-4H3. The Morgan fingerprint density at radius 1 is 1.33 bits per heavy atom. The van der Waals surface area contributed by atoms with E-state index in [1.165, 1.54) is 6.07 Å². The lowest BCUT2D eigenvalue weighted by Crippen LogP contribution is -2.39. The first-order valence-corrected chi connectivity index (χ1v) is 6.19. The summed E-state index contributed by atoms with van der Waals surface area (Å²) in [4.78, 5) is 0. The normalized spacial score (nSPS) is 14.8. The van der Waals surface area contributed by atoms with Crippen LogP contribution in [0.4, 0.5) is 4.39 Å². The molecular weight excluding hydrogens is 233 g/mol. The molecule has 0 aliphatic rings. The monoisotopic (exact) mass is 255 g/mol. The van der Waals surface area contributed by atoms with Crippen LogP contribution in [0, 0.1) is 11.7 Å². The number of ether oxygens (including phenoxy) is 1. The lowest BCUT2D eigenvalue weighted by molar-refractivity contribution is 0.141. The van der Waals surface area contributed by atoms with E-state index in [1.54, 1.807) is 13.2 Å². The van der Waals surface area contributed by atoms with Gasteiger partial charge in [0, 0.05) is 30.8 Å². The van der Waals surface area contributed by atoms with Gasteiger partial charge in [0.25, 0.3) is 0 Å². The Bertz CT molecular complexity index is 382. The predicted octanol–water partition coefficient (Wildman–Crippen LogP) is 2.85. The first kappa shape index (κ1) is 14.9. The summed E-state index contributed by atoms with van der Waals surface area (Å²) in [6.45, 7) is 6.68. The number of methoxy groups -OCH3 is 1. The zero-order valence-corrected chi connectivity index (χ0v) is 11.4. The van der Waals surface area contributed by atoms with Crippen LogP contribution in [0.3, 0.4) is 0 Å². The molecule has 0 aromatic heterocycles. The van der Waals surface area contributed by atoms with Gasteiger partial charge in [0.1, 0.15) is 11.6 Å². The van der Waals surface area contributed by atoms with E-state index in [1.807, 2.05) is 6.92 Å². The Balaban J connectivity index is 2.76. The smallest absolute Gasteiger partial charge is 0.131 e. The van der Waals surface area contributed by atoms with Crippen molar-refractivity contribution < 1.29 is 14.2 Å². The molecule has 0 spiro atoms. The van der Waals surface area contributed by atoms with Gasteiger partial charge < -0.3 is 15.2 Å². The van der Waals surface area contributed by atoms with Crippen LogP contribution >= 0.6 is 0 Å². The third-order valence-electron chi connectivity index (χ3n) is 3.07. The molecule has 0 saturated carbocycles. The van der Waals surface area contributed by atoms with Gasteiger partial charge in [0.05, 0.1) is 6.61 Å². The average Bonchev–Trinajstić information content (AvgIpc) is 2.27. The van der Waals surface area contributed by atoms with Gasteiger partial charge in [-0.2, -0.15) is 0 Å². The van der Waals surface area contributed by atoms with Gasteiger partial charge in [-0.15, -0.1) is 0 Å². The molecule has 0 radical (unpaired) electrons. The number of phenols is 1. The van der Waals surface area contributed by atoms with Crippen LogP contribution in [0.15, 0.2) is 18.2 Å². The van der Waals surface area contributed by atoms with Gasteiger partial charge in [0.2, 0.25) is 0 Å². The van der Waals surface area contributed by atoms with Crippen molar-refractivity contribution in [3.63, 3.8) is 0 Å². The maximum Gasteiger partial charge on any atom is 0.131 e. The third kappa shape index (κ3) is 3.96. The van der Waals surface area contributed by atoms with E-state index >= 15 is 0 Å². The molecule has 0 saturated heterocycles. The van der Waals surface area contributed by atoms with E-state index in [-0.39, 0.29) is 17.8 Å². The van der Waals surface area contributed by atoms with Crippen LogP contribution in [0.25, 0.3) is 0 Å². The van der Waals surface area contributed by atoms with Gasteiger partial charge in [-0.1, -0.05) is 19.9 Å². The molecule has 18 heavy (non-hydrogen) atoms. The highest BCUT2D eigenvalue weighted by molar-refractivity contribution is 5.29. The fourth-order valence-electron chi connectivity index (χ4n) is 1.89. The van der Waals surface area contributed by atoms with Crippen LogP contribution in [-0.4, -0.2) is 24.9 Å². The minimum atomic E-state index is -0.394. The zero-order chi connectivity index (χ0) is 13.7. The second-order valence-electron chi connectivity index (χ2n) is 4.90. The molecule has 0 heterocycles. The van der Waals surface area contributed by atoms with Gasteiger partial charge in [-0.05, 0) is 18.9 Å². The van der Waals surface area contributed by atoms with Crippen LogP contribution in [0.1, 0.15) is 32.4 Å². The molecule has 102 valence electrons. The van der Waals surface area contributed by atoms with Crippen molar-refractivity contribution in [1.82, 2.24) is 5.32 Å². The Hall–Kier alpha value is -1.13. The van der Waals surface area contributed by atoms with Crippen molar-refractivity contribution in [3.05, 3.63) is 29.6 Å². The van der Waals surface area contributed by atoms with Gasteiger partial charge in [-0.3, -0.25) is 0 Å². The van der Waals surface area contributed by atoms with Crippen molar-refractivity contribution in [2.24, 2.45) is 5.92 Å². The molecule has 2 N–H and O–H groups in total. The number of hydrogen-bond acceptors (Lipinski definition) is 3. The van der Waals surface area contributed by atoms with Crippen LogP contribution in [0.5, 0.6) is 5.75 Å². The van der Waals surface area contributed by atoms with Gasteiger partial charge in [-0.25, -0.2) is 4.39 Å². The van der Waals surface area contributed by atoms with E-state index in [0.717, 1.165) is 6.07 Å². The summed E-state index contributed by atoms with van der Waals surface area (Å²) in [6, 6.07) is 4.27. The Labute approximate surface area is 108 Å². The zero-order valence-electron chi connectivity index (χ0n) is 11.4. The second-order valence-corrected chi connectivity index (χ2v) is 4.90. The first-order chi connectivity index (χ1) is 8.45. The van der Waals surface area contributed by atoms with Crippen molar-refractivity contribution in [2.75, 3.05) is 13.7 Å². The fraction of sp³-hybridized carbons (Fsp3) is 0.571. The Kier molecular flexibility index (Phi) is 5.56. The van der Waals surface area contributed by atoms with Gasteiger partial charge >= 0.3 is 0 Å². The maximum absolute atomic E-state index is 13.7. The summed E-state index contributed by atoms with van der Waals surface area (Å²) in [7, 11) is 1.66. The molecular formula is C14H22FNO2. The summed E-state index contributed by atoms with van der Waals surface area (Å²) in [5.74, 6) is -0.0525. The third-order valence-corrected chi connectivity index (χ3v) is 3.07. The molecule has 1 rings (SSSR count). The summed E-state index contributed by atoms with van der Waals surface area (Å²) in [6.07, 6.45) is 0. The van der Waals surface area contributed by atoms with E-state index < -0.39 is 5.82 Å². The van der Waals surface area contributed by atoms with Crippen LogP contribution in [0.2, 0.25) is 0 Å². The van der Waals surface area contributed by atoms with Crippen molar-refractivity contribution in [3.8, 4) is 5.75 Å². The Morgan fingerprint density at radius 2 is 2.00 bits per heavy atom. The Morgan fingerprint density at radius 3 is 2.50 bits per heavy atom. The van der Waals surface area contributed by atoms with Crippen molar-refractivity contribution in [2.45, 2.75) is 32.9 Å². The summed E-state index contributed by atoms with van der Waals surface area (Å²) in [5.41, 5.74) is 0.551. The highest BCUT2D eigenvalue weighted by Gasteiger charge is 2.18. The molecule has 2 unspecified atom stereocenters. The summed E-state index contributed by atoms with van der Waals surface area (Å²) in [5, 5.41) is 12.5. The van der Waals surface area contributed by atoms with Crippen molar-refractivity contribution in [1.29, 1.82) is 0 Å². The number of phenolic OH excluding ortho intramolecular Hbond substituents is 1. The fourth-order valence-corrected chi connectivity index (χ4v) is 1.89. The van der Waals surface area contributed by atoms with Crippen LogP contribution in [-0.2, 0) is 4.74 Å². The van der Waals surface area contributed by atoms with E-state index in [0.29, 0.717) is 18.1 Å². The summed E-state index contributed by atoms with van der Waals surface area (Å²) >= 11 is 0. The molecule has 1 aromatic carbocycles. The minimum absolute atomic E-state index is 0.0549.